The molecule has 0 unspecified atom stereocenters. The molecule has 142 valence electrons. The van der Waals surface area contributed by atoms with Crippen molar-refractivity contribution in [3.63, 3.8) is 0 Å². The summed E-state index contributed by atoms with van der Waals surface area (Å²) in [5, 5.41) is 1.32. The highest BCUT2D eigenvalue weighted by atomic mass is 32.1. The monoisotopic (exact) mass is 411 g/mol. The van der Waals surface area contributed by atoms with Crippen LogP contribution in [0.2, 0.25) is 0 Å². The fourth-order valence-electron chi connectivity index (χ4n) is 2.83. The molecular formula is C20H17N3O3S2. The van der Waals surface area contributed by atoms with E-state index in [2.05, 4.69) is 15.0 Å². The number of nitrogens with zero attached hydrogens (tertiary/aromatic N) is 2. The van der Waals surface area contributed by atoms with Crippen molar-refractivity contribution >= 4 is 55.2 Å². The second kappa shape index (κ2) is 7.29. The lowest BCUT2D eigenvalue weighted by Crippen LogP contribution is -2.16. The zero-order valence-electron chi connectivity index (χ0n) is 15.5. The second-order valence-corrected chi connectivity index (χ2v) is 8.61. The molecule has 8 heteroatoms. The topological polar surface area (TPSA) is 84.9 Å². The minimum atomic E-state index is -0.674. The first-order chi connectivity index (χ1) is 13.4. The van der Waals surface area contributed by atoms with Crippen molar-refractivity contribution in [2.45, 2.75) is 26.9 Å². The summed E-state index contributed by atoms with van der Waals surface area (Å²) in [6.45, 7) is 5.54. The number of carbonyl (C=O) groups is 1. The van der Waals surface area contributed by atoms with Crippen LogP contribution in [0.5, 0.6) is 0 Å². The lowest BCUT2D eigenvalue weighted by Gasteiger charge is -2.10. The largest absolute Gasteiger partial charge is 0.451 e. The summed E-state index contributed by atoms with van der Waals surface area (Å²) in [5.41, 5.74) is 1.61. The number of ether oxygens (including phenoxy) is 1. The number of aryl methyl sites for hydroxylation is 2. The number of hydrogen-bond acceptors (Lipinski definition) is 7. The maximum atomic E-state index is 12.4. The lowest BCUT2D eigenvalue weighted by atomic mass is 10.2. The Hall–Kier alpha value is -2.84. The molecule has 28 heavy (non-hydrogen) atoms. The summed E-state index contributed by atoms with van der Waals surface area (Å²) in [7, 11) is 0. The lowest BCUT2D eigenvalue weighted by molar-refractivity contribution is -0.142. The normalized spacial score (nSPS) is 12.8. The molecule has 0 fully saturated rings. The minimum Gasteiger partial charge on any atom is -0.451 e. The number of aromatic nitrogens is 3. The maximum absolute atomic E-state index is 12.4. The van der Waals surface area contributed by atoms with Gasteiger partial charge in [0.1, 0.15) is 9.84 Å². The van der Waals surface area contributed by atoms with E-state index in [0.29, 0.717) is 16.0 Å². The molecular weight excluding hydrogens is 394 g/mol. The minimum absolute atomic E-state index is 0.213. The molecule has 0 aliphatic carbocycles. The number of para-hydroxylation sites is 1. The van der Waals surface area contributed by atoms with E-state index in [-0.39, 0.29) is 5.56 Å². The van der Waals surface area contributed by atoms with E-state index >= 15 is 0 Å². The SMILES string of the molecule is Cc1sc2nc([C@@H](C)OC(=O)/C=C/c3nc4ccccc4s3)[nH]c(=O)c2c1C. The molecule has 3 heterocycles. The number of aromatic amines is 1. The Morgan fingerprint density at radius 3 is 2.79 bits per heavy atom. The number of benzene rings is 1. The van der Waals surface area contributed by atoms with Gasteiger partial charge in [-0.1, -0.05) is 12.1 Å². The van der Waals surface area contributed by atoms with Crippen molar-refractivity contribution in [2.24, 2.45) is 0 Å². The Labute approximate surface area is 168 Å². The van der Waals surface area contributed by atoms with Crippen molar-refractivity contribution in [3.05, 3.63) is 62.0 Å². The molecule has 6 nitrogen and oxygen atoms in total. The predicted molar refractivity (Wildman–Crippen MR) is 113 cm³/mol. The third-order valence-corrected chi connectivity index (χ3v) is 6.51. The van der Waals surface area contributed by atoms with Crippen molar-refractivity contribution in [1.29, 1.82) is 0 Å². The Morgan fingerprint density at radius 1 is 1.21 bits per heavy atom. The van der Waals surface area contributed by atoms with Crippen LogP contribution in [-0.4, -0.2) is 20.9 Å². The number of hydrogen-bond donors (Lipinski definition) is 1. The molecule has 0 amide bonds. The molecule has 0 spiro atoms. The first kappa shape index (κ1) is 18.5. The Morgan fingerprint density at radius 2 is 2.00 bits per heavy atom. The summed E-state index contributed by atoms with van der Waals surface area (Å²) in [5.74, 6) is -0.187. The molecule has 4 aromatic rings. The van der Waals surface area contributed by atoms with Gasteiger partial charge >= 0.3 is 5.97 Å². The highest BCUT2D eigenvalue weighted by molar-refractivity contribution is 7.19. The molecule has 4 rings (SSSR count). The number of esters is 1. The van der Waals surface area contributed by atoms with Gasteiger partial charge in [0.25, 0.3) is 5.56 Å². The van der Waals surface area contributed by atoms with Crippen LogP contribution in [0.25, 0.3) is 26.5 Å². The van der Waals surface area contributed by atoms with Gasteiger partial charge in [0.05, 0.1) is 15.6 Å². The summed E-state index contributed by atoms with van der Waals surface area (Å²) in [6.07, 6.45) is 2.29. The van der Waals surface area contributed by atoms with Gasteiger partial charge < -0.3 is 9.72 Å². The molecule has 0 bridgehead atoms. The van der Waals surface area contributed by atoms with Gasteiger partial charge in [0, 0.05) is 11.0 Å². The number of thiophene rings is 1. The van der Waals surface area contributed by atoms with Crippen LogP contribution in [0.15, 0.2) is 35.1 Å². The summed E-state index contributed by atoms with van der Waals surface area (Å²) >= 11 is 2.96. The average molecular weight is 412 g/mol. The second-order valence-electron chi connectivity index (χ2n) is 6.35. The zero-order valence-corrected chi connectivity index (χ0v) is 17.1. The number of thiazole rings is 1. The van der Waals surface area contributed by atoms with Crippen LogP contribution in [0, 0.1) is 13.8 Å². The van der Waals surface area contributed by atoms with Gasteiger partial charge in [-0.05, 0) is 44.5 Å². The molecule has 1 N–H and O–H groups in total. The van der Waals surface area contributed by atoms with Crippen molar-refractivity contribution in [2.75, 3.05) is 0 Å². The highest BCUT2D eigenvalue weighted by Crippen LogP contribution is 2.27. The van der Waals surface area contributed by atoms with Crippen LogP contribution in [-0.2, 0) is 9.53 Å². The van der Waals surface area contributed by atoms with Crippen LogP contribution < -0.4 is 5.56 Å². The van der Waals surface area contributed by atoms with E-state index in [9.17, 15) is 9.59 Å². The van der Waals surface area contributed by atoms with Crippen LogP contribution in [0.4, 0.5) is 0 Å². The van der Waals surface area contributed by atoms with Crippen LogP contribution in [0.3, 0.4) is 0 Å². The molecule has 0 aliphatic rings. The molecule has 0 radical (unpaired) electrons. The number of carbonyl (C=O) groups excluding carboxylic acids is 1. The Balaban J connectivity index is 1.51. The molecule has 0 saturated carbocycles. The van der Waals surface area contributed by atoms with Gasteiger partial charge in [0.15, 0.2) is 11.9 Å². The van der Waals surface area contributed by atoms with Gasteiger partial charge in [-0.25, -0.2) is 14.8 Å². The predicted octanol–water partition coefficient (Wildman–Crippen LogP) is 4.53. The molecule has 0 aliphatic heterocycles. The fraction of sp³-hybridized carbons (Fsp3) is 0.200. The molecule has 0 saturated heterocycles. The number of H-pyrrole nitrogens is 1. The van der Waals surface area contributed by atoms with Gasteiger partial charge in [-0.15, -0.1) is 22.7 Å². The Kier molecular flexibility index (Phi) is 4.82. The van der Waals surface area contributed by atoms with Gasteiger partial charge in [0.2, 0.25) is 0 Å². The van der Waals surface area contributed by atoms with E-state index in [1.807, 2.05) is 38.1 Å². The van der Waals surface area contributed by atoms with Crippen LogP contribution >= 0.6 is 22.7 Å². The molecule has 1 aromatic carbocycles. The van der Waals surface area contributed by atoms with E-state index in [1.54, 1.807) is 13.0 Å². The fourth-order valence-corrected chi connectivity index (χ4v) is 4.74. The first-order valence-electron chi connectivity index (χ1n) is 8.66. The molecule has 1 atom stereocenters. The highest BCUT2D eigenvalue weighted by Gasteiger charge is 2.17. The summed E-state index contributed by atoms with van der Waals surface area (Å²) < 4.78 is 6.45. The standard InChI is InChI=1S/C20H17N3O3S2/c1-10-12(3)27-20-17(10)19(25)22-18(23-20)11(2)26-16(24)9-8-15-21-13-6-4-5-7-14(13)28-15/h4-9,11H,1-3H3,(H,22,23,25)/b9-8+/t11-/m1/s1. The van der Waals surface area contributed by atoms with Gasteiger partial charge in [-0.3, -0.25) is 4.79 Å². The third kappa shape index (κ3) is 3.48. The molecule has 3 aromatic heterocycles. The smallest absolute Gasteiger partial charge is 0.331 e. The van der Waals surface area contributed by atoms with Crippen molar-refractivity contribution < 1.29 is 9.53 Å². The number of rotatable bonds is 4. The number of nitrogens with one attached hydrogen (secondary N) is 1. The zero-order chi connectivity index (χ0) is 19.8. The third-order valence-electron chi connectivity index (χ3n) is 4.41. The summed E-state index contributed by atoms with van der Waals surface area (Å²) in [6, 6.07) is 7.78. The van der Waals surface area contributed by atoms with Crippen molar-refractivity contribution in [1.82, 2.24) is 15.0 Å². The number of fused-ring (bicyclic) bond motifs is 2. The van der Waals surface area contributed by atoms with Gasteiger partial charge in [-0.2, -0.15) is 0 Å². The average Bonchev–Trinajstić information content (AvgIpc) is 3.20. The maximum Gasteiger partial charge on any atom is 0.331 e. The first-order valence-corrected chi connectivity index (χ1v) is 10.3. The van der Waals surface area contributed by atoms with E-state index in [4.69, 9.17) is 4.74 Å². The van der Waals surface area contributed by atoms with Crippen molar-refractivity contribution in [3.8, 4) is 0 Å². The summed E-state index contributed by atoms with van der Waals surface area (Å²) in [4.78, 5) is 37.9. The van der Waals surface area contributed by atoms with E-state index in [0.717, 1.165) is 25.7 Å². The Bertz CT molecular complexity index is 1250. The van der Waals surface area contributed by atoms with E-state index < -0.39 is 12.1 Å². The quantitative estimate of drug-likeness (QED) is 0.394. The van der Waals surface area contributed by atoms with Crippen LogP contribution in [0.1, 0.15) is 34.3 Å². The van der Waals surface area contributed by atoms with E-state index in [1.165, 1.54) is 28.7 Å².